The van der Waals surface area contributed by atoms with E-state index in [9.17, 15) is 0 Å². The molecular formula is C48H36CuS. The molecule has 1 atom stereocenters. The summed E-state index contributed by atoms with van der Waals surface area (Å²) in [5.41, 5.74) is 19.9. The first kappa shape index (κ1) is 31.4. The summed E-state index contributed by atoms with van der Waals surface area (Å²) in [7, 11) is 0. The molecule has 0 N–H and O–H groups in total. The van der Waals surface area contributed by atoms with Gasteiger partial charge in [-0.25, -0.2) is 0 Å². The second kappa shape index (κ2) is 12.3. The number of hydrogen-bond acceptors (Lipinski definition) is 1. The third-order valence-electron chi connectivity index (χ3n) is 11.4. The van der Waals surface area contributed by atoms with Crippen molar-refractivity contribution in [2.75, 3.05) is 0 Å². The van der Waals surface area contributed by atoms with E-state index >= 15 is 0 Å². The van der Waals surface area contributed by atoms with E-state index in [-0.39, 0.29) is 26.6 Å². The fourth-order valence-electron chi connectivity index (χ4n) is 9.16. The van der Waals surface area contributed by atoms with E-state index in [1.165, 1.54) is 79.6 Å². The second-order valence-corrected chi connectivity index (χ2v) is 15.3. The van der Waals surface area contributed by atoms with E-state index < -0.39 is 0 Å². The Morgan fingerprint density at radius 1 is 0.400 bits per heavy atom. The summed E-state index contributed by atoms with van der Waals surface area (Å²) < 4.78 is 0.248. The fraction of sp³-hybridized carbons (Fsp3) is 0.125. The summed E-state index contributed by atoms with van der Waals surface area (Å²) in [5.74, 6) is 0. The van der Waals surface area contributed by atoms with Crippen molar-refractivity contribution in [2.24, 2.45) is 0 Å². The van der Waals surface area contributed by atoms with Crippen molar-refractivity contribution in [1.29, 1.82) is 0 Å². The Labute approximate surface area is 310 Å². The molecule has 5 aliphatic rings. The van der Waals surface area contributed by atoms with Crippen LogP contribution >= 0.6 is 11.8 Å². The third-order valence-corrected chi connectivity index (χ3v) is 13.3. The molecule has 2 heteroatoms. The number of benzene rings is 6. The van der Waals surface area contributed by atoms with Crippen LogP contribution in [0.4, 0.5) is 0 Å². The third kappa shape index (κ3) is 4.66. The molecule has 1 saturated heterocycles. The van der Waals surface area contributed by atoms with Crippen LogP contribution in [-0.2, 0) is 39.4 Å². The Morgan fingerprint density at radius 2 is 0.860 bits per heavy atom. The molecule has 0 saturated carbocycles. The van der Waals surface area contributed by atoms with Crippen molar-refractivity contribution in [3.8, 4) is 0 Å². The number of fused-ring (bicyclic) bond motifs is 10. The van der Waals surface area contributed by atoms with Crippen LogP contribution in [0.25, 0.3) is 35.5 Å². The molecule has 1 aliphatic heterocycles. The summed E-state index contributed by atoms with van der Waals surface area (Å²) in [6, 6.07) is 53.5. The molecule has 6 aromatic rings. The van der Waals surface area contributed by atoms with Crippen molar-refractivity contribution in [2.45, 2.75) is 35.2 Å². The maximum Gasteiger partial charge on any atom is 0.0866 e. The van der Waals surface area contributed by atoms with Crippen LogP contribution in [0.1, 0.15) is 79.6 Å². The monoisotopic (exact) mass is 707 g/mol. The van der Waals surface area contributed by atoms with E-state index in [0.717, 1.165) is 12.8 Å². The molecule has 245 valence electrons. The van der Waals surface area contributed by atoms with Crippen molar-refractivity contribution >= 4 is 47.2 Å². The van der Waals surface area contributed by atoms with Gasteiger partial charge in [0.25, 0.3) is 0 Å². The molecule has 11 rings (SSSR count). The molecule has 2 spiro atoms. The van der Waals surface area contributed by atoms with Crippen LogP contribution in [0.15, 0.2) is 146 Å². The largest absolute Gasteiger partial charge is 0.130 e. The average Bonchev–Trinajstić information content (AvgIpc) is 3.58. The molecule has 0 bridgehead atoms. The number of hydrogen-bond donors (Lipinski definition) is 0. The van der Waals surface area contributed by atoms with E-state index in [1.54, 1.807) is 11.1 Å². The van der Waals surface area contributed by atoms with Gasteiger partial charge < -0.3 is 0 Å². The van der Waals surface area contributed by atoms with Crippen LogP contribution in [0.3, 0.4) is 0 Å². The summed E-state index contributed by atoms with van der Waals surface area (Å²) in [5, 5.41) is 0. The molecule has 50 heavy (non-hydrogen) atoms. The van der Waals surface area contributed by atoms with Crippen molar-refractivity contribution in [1.82, 2.24) is 0 Å². The normalized spacial score (nSPS) is 19.0. The molecule has 0 nitrogen and oxygen atoms in total. The van der Waals surface area contributed by atoms with E-state index in [2.05, 4.69) is 182 Å². The first-order valence-electron chi connectivity index (χ1n) is 17.6. The SMILES string of the molecule is C1=Cc2ccccc2C(=C2CCc3ccccc32)c2ccccc21.C1=Cc2ccccc2C2(SC23CCc2ccccc23)c2ccccc21.[Cu]. The zero-order valence-electron chi connectivity index (χ0n) is 27.7. The Balaban J connectivity index is 0.000000132. The Kier molecular flexibility index (Phi) is 7.74. The predicted octanol–water partition coefficient (Wildman–Crippen LogP) is 12.1. The first-order valence-corrected chi connectivity index (χ1v) is 18.4. The summed E-state index contributed by atoms with van der Waals surface area (Å²) in [4.78, 5) is 0. The molecule has 0 amide bonds. The smallest absolute Gasteiger partial charge is 0.0866 e. The van der Waals surface area contributed by atoms with E-state index in [1.807, 2.05) is 0 Å². The van der Waals surface area contributed by atoms with Crippen LogP contribution in [0.5, 0.6) is 0 Å². The van der Waals surface area contributed by atoms with Gasteiger partial charge >= 0.3 is 0 Å². The van der Waals surface area contributed by atoms with Gasteiger partial charge in [0.15, 0.2) is 0 Å². The number of thioether (sulfide) groups is 1. The molecule has 1 radical (unpaired) electrons. The van der Waals surface area contributed by atoms with Crippen LogP contribution in [0, 0.1) is 0 Å². The zero-order chi connectivity index (χ0) is 32.4. The minimum atomic E-state index is 0. The second-order valence-electron chi connectivity index (χ2n) is 13.8. The zero-order valence-corrected chi connectivity index (χ0v) is 29.5. The first-order chi connectivity index (χ1) is 24.3. The topological polar surface area (TPSA) is 0 Å². The molecule has 1 heterocycles. The van der Waals surface area contributed by atoms with Crippen molar-refractivity contribution in [3.63, 3.8) is 0 Å². The summed E-state index contributed by atoms with van der Waals surface area (Å²) in [6.07, 6.45) is 13.8. The van der Waals surface area contributed by atoms with Gasteiger partial charge in [-0.2, -0.15) is 0 Å². The predicted molar refractivity (Wildman–Crippen MR) is 209 cm³/mol. The number of allylic oxidation sites excluding steroid dienone is 1. The Hall–Kier alpha value is -4.59. The molecule has 4 aliphatic carbocycles. The average molecular weight is 708 g/mol. The van der Waals surface area contributed by atoms with E-state index in [0.29, 0.717) is 0 Å². The van der Waals surface area contributed by atoms with Gasteiger partial charge in [-0.05, 0) is 104 Å². The molecule has 1 unspecified atom stereocenters. The summed E-state index contributed by atoms with van der Waals surface area (Å²) >= 11 is 2.17. The van der Waals surface area contributed by atoms with Crippen molar-refractivity contribution < 1.29 is 17.1 Å². The van der Waals surface area contributed by atoms with Gasteiger partial charge in [0.2, 0.25) is 0 Å². The minimum Gasteiger partial charge on any atom is -0.130 e. The Bertz CT molecular complexity index is 2290. The van der Waals surface area contributed by atoms with Crippen molar-refractivity contribution in [3.05, 3.63) is 212 Å². The van der Waals surface area contributed by atoms with Gasteiger partial charge in [-0.15, -0.1) is 11.8 Å². The molecule has 1 fully saturated rings. The van der Waals surface area contributed by atoms with Crippen LogP contribution in [-0.4, -0.2) is 0 Å². The minimum absolute atomic E-state index is 0. The maximum atomic E-state index is 2.37. The fourth-order valence-corrected chi connectivity index (χ4v) is 11.2. The van der Waals surface area contributed by atoms with Gasteiger partial charge in [0, 0.05) is 17.1 Å². The number of aryl methyl sites for hydroxylation is 2. The standard InChI is InChI=1S/C24H18S.C24H18.Cu/c1-4-10-20-19(9-1)15-16-23(20)24(25-23)21-11-5-2-7-17(21)13-14-18-8-3-6-12-22(18)24;1-4-10-20-17(7-1)15-16-23(20)24-21-11-5-2-8-18(21)13-14-19-9-3-6-12-22(19)24;/h1-14H,15-16H2;1-14H,15-16H2;. The summed E-state index contributed by atoms with van der Waals surface area (Å²) in [6.45, 7) is 0. The van der Waals surface area contributed by atoms with E-state index in [4.69, 9.17) is 0 Å². The molecule has 6 aromatic carbocycles. The van der Waals surface area contributed by atoms with Crippen LogP contribution < -0.4 is 0 Å². The quantitative estimate of drug-likeness (QED) is 0.112. The van der Waals surface area contributed by atoms with Gasteiger partial charge in [-0.3, -0.25) is 0 Å². The Morgan fingerprint density at radius 3 is 1.48 bits per heavy atom. The van der Waals surface area contributed by atoms with Crippen LogP contribution in [0.2, 0.25) is 0 Å². The molecule has 0 aromatic heterocycles. The van der Waals surface area contributed by atoms with Gasteiger partial charge in [-0.1, -0.05) is 170 Å². The maximum absolute atomic E-state index is 2.37. The van der Waals surface area contributed by atoms with Gasteiger partial charge in [0.1, 0.15) is 0 Å². The number of rotatable bonds is 0. The molecular weight excluding hydrogens is 672 g/mol. The van der Waals surface area contributed by atoms with Gasteiger partial charge in [0.05, 0.1) is 9.49 Å².